The summed E-state index contributed by atoms with van der Waals surface area (Å²) in [5.41, 5.74) is 2.26. The lowest BCUT2D eigenvalue weighted by Crippen LogP contribution is -2.38. The molecule has 0 radical (unpaired) electrons. The Morgan fingerprint density at radius 3 is 2.50 bits per heavy atom. The first-order valence-electron chi connectivity index (χ1n) is 7.85. The molecule has 0 aliphatic heterocycles. The third-order valence-corrected chi connectivity index (χ3v) is 3.34. The van der Waals surface area contributed by atoms with Crippen molar-refractivity contribution in [2.75, 3.05) is 13.2 Å². The minimum Gasteiger partial charge on any atom is -0.492 e. The lowest BCUT2D eigenvalue weighted by atomic mass is 10.1. The summed E-state index contributed by atoms with van der Waals surface area (Å²) in [6, 6.07) is 11.7. The van der Waals surface area contributed by atoms with Crippen LogP contribution in [0, 0.1) is 19.7 Å². The molecule has 1 atom stereocenters. The summed E-state index contributed by atoms with van der Waals surface area (Å²) < 4.78 is 24.1. The Kier molecular flexibility index (Phi) is 6.18. The maximum atomic E-state index is 13.1. The zero-order chi connectivity index (χ0) is 17.5. The highest BCUT2D eigenvalue weighted by molar-refractivity contribution is 5.80. The van der Waals surface area contributed by atoms with Crippen LogP contribution in [0.3, 0.4) is 0 Å². The maximum absolute atomic E-state index is 13.1. The normalized spacial score (nSPS) is 11.7. The minimum absolute atomic E-state index is 0.275. The third-order valence-electron chi connectivity index (χ3n) is 3.34. The maximum Gasteiger partial charge on any atom is 0.260 e. The molecule has 0 saturated heterocycles. The fourth-order valence-electron chi connectivity index (χ4n) is 2.30. The van der Waals surface area contributed by atoms with Gasteiger partial charge in [0, 0.05) is 6.07 Å². The van der Waals surface area contributed by atoms with Crippen LogP contribution in [0.25, 0.3) is 0 Å². The molecule has 1 N–H and O–H groups in total. The van der Waals surface area contributed by atoms with E-state index in [-0.39, 0.29) is 5.91 Å². The fourth-order valence-corrected chi connectivity index (χ4v) is 2.30. The zero-order valence-corrected chi connectivity index (χ0v) is 14.1. The van der Waals surface area contributed by atoms with Gasteiger partial charge in [-0.05, 0) is 56.2 Å². The van der Waals surface area contributed by atoms with Crippen LogP contribution in [0.5, 0.6) is 11.5 Å². The molecule has 0 spiro atoms. The van der Waals surface area contributed by atoms with Crippen LogP contribution in [-0.2, 0) is 4.79 Å². The summed E-state index contributed by atoms with van der Waals surface area (Å²) in [4.78, 5) is 12.0. The first-order valence-corrected chi connectivity index (χ1v) is 7.85. The van der Waals surface area contributed by atoms with Crippen molar-refractivity contribution in [2.45, 2.75) is 26.9 Å². The molecule has 1 unspecified atom stereocenters. The number of hydrogen-bond acceptors (Lipinski definition) is 3. The van der Waals surface area contributed by atoms with Crippen LogP contribution in [-0.4, -0.2) is 25.2 Å². The Morgan fingerprint density at radius 1 is 1.12 bits per heavy atom. The van der Waals surface area contributed by atoms with Gasteiger partial charge in [0.15, 0.2) is 6.10 Å². The summed E-state index contributed by atoms with van der Waals surface area (Å²) >= 11 is 0. The third kappa shape index (κ3) is 5.57. The highest BCUT2D eigenvalue weighted by Crippen LogP contribution is 2.16. The summed E-state index contributed by atoms with van der Waals surface area (Å²) in [7, 11) is 0. The molecular weight excluding hydrogens is 309 g/mol. The van der Waals surface area contributed by atoms with Crippen molar-refractivity contribution in [3.63, 3.8) is 0 Å². The van der Waals surface area contributed by atoms with Gasteiger partial charge in [-0.2, -0.15) is 0 Å². The van der Waals surface area contributed by atoms with Gasteiger partial charge in [-0.3, -0.25) is 4.79 Å². The van der Waals surface area contributed by atoms with Crippen molar-refractivity contribution >= 4 is 5.91 Å². The molecule has 0 bridgehead atoms. The lowest BCUT2D eigenvalue weighted by molar-refractivity contribution is -0.127. The number of hydrogen-bond donors (Lipinski definition) is 1. The van der Waals surface area contributed by atoms with Crippen LogP contribution in [0.2, 0.25) is 0 Å². The summed E-state index contributed by atoms with van der Waals surface area (Å²) in [6.07, 6.45) is -0.715. The van der Waals surface area contributed by atoms with E-state index < -0.39 is 11.9 Å². The van der Waals surface area contributed by atoms with E-state index in [2.05, 4.69) is 11.4 Å². The van der Waals surface area contributed by atoms with E-state index in [1.165, 1.54) is 18.2 Å². The minimum atomic E-state index is -0.715. The lowest BCUT2D eigenvalue weighted by Gasteiger charge is -2.15. The average Bonchev–Trinajstić information content (AvgIpc) is 2.50. The number of amides is 1. The number of aryl methyl sites for hydroxylation is 2. The van der Waals surface area contributed by atoms with Gasteiger partial charge < -0.3 is 14.8 Å². The Bertz CT molecular complexity index is 683. The second kappa shape index (κ2) is 8.34. The predicted octanol–water partition coefficient (Wildman–Crippen LogP) is 3.41. The largest absolute Gasteiger partial charge is 0.492 e. The Labute approximate surface area is 141 Å². The molecule has 24 heavy (non-hydrogen) atoms. The van der Waals surface area contributed by atoms with E-state index in [0.717, 1.165) is 16.9 Å². The van der Waals surface area contributed by atoms with Crippen molar-refractivity contribution in [3.05, 3.63) is 59.4 Å². The molecule has 2 rings (SSSR count). The Hall–Kier alpha value is -2.56. The second-order valence-electron chi connectivity index (χ2n) is 5.68. The van der Waals surface area contributed by atoms with Crippen molar-refractivity contribution < 1.29 is 18.7 Å². The topological polar surface area (TPSA) is 47.6 Å². The van der Waals surface area contributed by atoms with E-state index in [1.54, 1.807) is 13.0 Å². The highest BCUT2D eigenvalue weighted by Gasteiger charge is 2.14. The second-order valence-corrected chi connectivity index (χ2v) is 5.68. The quantitative estimate of drug-likeness (QED) is 0.791. The molecule has 4 nitrogen and oxygen atoms in total. The SMILES string of the molecule is Cc1cc(C)cc(OCCNC(=O)C(C)Oc2cccc(F)c2)c1. The van der Waals surface area contributed by atoms with E-state index in [1.807, 2.05) is 26.0 Å². The molecule has 0 fully saturated rings. The molecule has 2 aromatic rings. The predicted molar refractivity (Wildman–Crippen MR) is 90.9 cm³/mol. The van der Waals surface area contributed by atoms with Gasteiger partial charge in [-0.15, -0.1) is 0 Å². The molecule has 0 aromatic heterocycles. The van der Waals surface area contributed by atoms with Gasteiger partial charge in [-0.1, -0.05) is 12.1 Å². The van der Waals surface area contributed by atoms with Gasteiger partial charge in [0.1, 0.15) is 23.9 Å². The number of halogens is 1. The van der Waals surface area contributed by atoms with Crippen LogP contribution in [0.15, 0.2) is 42.5 Å². The first kappa shape index (κ1) is 17.8. The van der Waals surface area contributed by atoms with Crippen molar-refractivity contribution in [3.8, 4) is 11.5 Å². The number of carbonyl (C=O) groups is 1. The smallest absolute Gasteiger partial charge is 0.260 e. The fraction of sp³-hybridized carbons (Fsp3) is 0.316. The number of nitrogens with one attached hydrogen (secondary N) is 1. The van der Waals surface area contributed by atoms with Crippen LogP contribution >= 0.6 is 0 Å². The number of rotatable bonds is 7. The molecule has 0 aliphatic rings. The van der Waals surface area contributed by atoms with Gasteiger partial charge in [0.2, 0.25) is 0 Å². The number of carbonyl (C=O) groups excluding carboxylic acids is 1. The van der Waals surface area contributed by atoms with Crippen LogP contribution < -0.4 is 14.8 Å². The summed E-state index contributed by atoms with van der Waals surface area (Å²) in [5, 5.41) is 2.73. The van der Waals surface area contributed by atoms with Crippen LogP contribution in [0.1, 0.15) is 18.1 Å². The first-order chi connectivity index (χ1) is 11.4. The van der Waals surface area contributed by atoms with Crippen molar-refractivity contribution in [1.29, 1.82) is 0 Å². The van der Waals surface area contributed by atoms with Gasteiger partial charge in [0.25, 0.3) is 5.91 Å². The molecule has 128 valence electrons. The zero-order valence-electron chi connectivity index (χ0n) is 14.1. The van der Waals surface area contributed by atoms with Crippen LogP contribution in [0.4, 0.5) is 4.39 Å². The van der Waals surface area contributed by atoms with Gasteiger partial charge in [0.05, 0.1) is 6.54 Å². The Balaban J connectivity index is 1.74. The van der Waals surface area contributed by atoms with E-state index in [4.69, 9.17) is 9.47 Å². The Morgan fingerprint density at radius 2 is 1.83 bits per heavy atom. The number of benzene rings is 2. The molecule has 5 heteroatoms. The highest BCUT2D eigenvalue weighted by atomic mass is 19.1. The average molecular weight is 331 g/mol. The number of ether oxygens (including phenoxy) is 2. The monoisotopic (exact) mass is 331 g/mol. The van der Waals surface area contributed by atoms with E-state index in [9.17, 15) is 9.18 Å². The molecule has 2 aromatic carbocycles. The standard InChI is InChI=1S/C19H22FNO3/c1-13-9-14(2)11-18(10-13)23-8-7-21-19(22)15(3)24-17-6-4-5-16(20)12-17/h4-6,9-12,15H,7-8H2,1-3H3,(H,21,22). The summed E-state index contributed by atoms with van der Waals surface area (Å²) in [5.74, 6) is 0.431. The molecule has 0 heterocycles. The van der Waals surface area contributed by atoms with Crippen molar-refractivity contribution in [2.24, 2.45) is 0 Å². The molecule has 0 aliphatic carbocycles. The van der Waals surface area contributed by atoms with Gasteiger partial charge in [-0.25, -0.2) is 4.39 Å². The molecule has 0 saturated carbocycles. The molecule has 1 amide bonds. The molecular formula is C19H22FNO3. The summed E-state index contributed by atoms with van der Waals surface area (Å²) in [6.45, 7) is 6.36. The van der Waals surface area contributed by atoms with Crippen molar-refractivity contribution in [1.82, 2.24) is 5.32 Å². The van der Waals surface area contributed by atoms with E-state index >= 15 is 0 Å². The van der Waals surface area contributed by atoms with E-state index in [0.29, 0.717) is 18.9 Å². The van der Waals surface area contributed by atoms with Gasteiger partial charge >= 0.3 is 0 Å².